The Labute approximate surface area is 133 Å². The Balaban J connectivity index is 2.46. The molecule has 0 radical (unpaired) electrons. The van der Waals surface area contributed by atoms with Crippen molar-refractivity contribution in [3.05, 3.63) is 0 Å². The van der Waals surface area contributed by atoms with Gasteiger partial charge in [-0.3, -0.25) is 9.89 Å². The van der Waals surface area contributed by atoms with Gasteiger partial charge in [-0.25, -0.2) is 4.79 Å². The highest BCUT2D eigenvalue weighted by Crippen LogP contribution is 2.13. The zero-order chi connectivity index (χ0) is 16.8. The normalized spacial score (nSPS) is 17.2. The van der Waals surface area contributed by atoms with E-state index in [1.54, 1.807) is 4.90 Å². The van der Waals surface area contributed by atoms with Crippen molar-refractivity contribution in [2.24, 2.45) is 10.9 Å². The molecule has 1 heterocycles. The lowest BCUT2D eigenvalue weighted by atomic mass is 9.96. The first-order valence-electron chi connectivity index (χ1n) is 8.20. The van der Waals surface area contributed by atoms with Crippen molar-refractivity contribution in [3.8, 4) is 0 Å². The average Bonchev–Trinajstić information content (AvgIpc) is 2.45. The molecule has 1 unspecified atom stereocenters. The molecule has 128 valence electrons. The highest BCUT2D eigenvalue weighted by atomic mass is 16.6. The number of aliphatic hydroxyl groups is 1. The molecule has 0 aromatic carbocycles. The number of carbonyl (C=O) groups excluding carboxylic acids is 1. The Morgan fingerprint density at radius 2 is 2.05 bits per heavy atom. The summed E-state index contributed by atoms with van der Waals surface area (Å²) in [5, 5.41) is 13.3. The van der Waals surface area contributed by atoms with E-state index in [1.807, 2.05) is 20.8 Å². The second-order valence-corrected chi connectivity index (χ2v) is 6.76. The van der Waals surface area contributed by atoms with Gasteiger partial charge in [0.2, 0.25) is 0 Å². The van der Waals surface area contributed by atoms with Crippen LogP contribution in [-0.4, -0.2) is 59.8 Å². The molecule has 0 aliphatic carbocycles. The van der Waals surface area contributed by atoms with Gasteiger partial charge in [0.25, 0.3) is 0 Å². The van der Waals surface area contributed by atoms with Gasteiger partial charge >= 0.3 is 6.09 Å². The Kier molecular flexibility index (Phi) is 7.13. The third-order valence-electron chi connectivity index (χ3n) is 3.77. The summed E-state index contributed by atoms with van der Waals surface area (Å²) in [6, 6.07) is 0. The summed E-state index contributed by atoms with van der Waals surface area (Å²) >= 11 is 0. The maximum atomic E-state index is 12.1. The lowest BCUT2D eigenvalue weighted by Gasteiger charge is -2.30. The largest absolute Gasteiger partial charge is 0.444 e. The first-order valence-corrected chi connectivity index (χ1v) is 8.20. The van der Waals surface area contributed by atoms with E-state index < -0.39 is 11.7 Å². The molecule has 1 aliphatic heterocycles. The summed E-state index contributed by atoms with van der Waals surface area (Å²) in [6.07, 6.45) is 1.20. The first-order chi connectivity index (χ1) is 10.3. The van der Waals surface area contributed by atoms with Crippen LogP contribution in [0.3, 0.4) is 0 Å². The minimum absolute atomic E-state index is 0.290. The quantitative estimate of drug-likeness (QED) is 0.814. The van der Waals surface area contributed by atoms with E-state index in [1.165, 1.54) is 0 Å². The molecule has 6 heteroatoms. The number of ether oxygens (including phenoxy) is 1. The van der Waals surface area contributed by atoms with Crippen molar-refractivity contribution in [1.29, 1.82) is 0 Å². The minimum atomic E-state index is -0.495. The average molecular weight is 313 g/mol. The highest BCUT2D eigenvalue weighted by Gasteiger charge is 2.25. The molecular formula is C16H31N3O3. The number of nitrogens with one attached hydrogen (secondary N) is 1. The molecule has 1 atom stereocenters. The molecule has 1 rings (SSSR count). The van der Waals surface area contributed by atoms with Crippen molar-refractivity contribution in [2.75, 3.05) is 26.2 Å². The molecule has 22 heavy (non-hydrogen) atoms. The molecular weight excluding hydrogens is 282 g/mol. The van der Waals surface area contributed by atoms with E-state index >= 15 is 0 Å². The van der Waals surface area contributed by atoms with Gasteiger partial charge in [0.15, 0.2) is 0 Å². The van der Waals surface area contributed by atoms with Crippen LogP contribution in [0.25, 0.3) is 0 Å². The number of hydrogen-bond donors (Lipinski definition) is 2. The number of amides is 1. The molecule has 0 aromatic heterocycles. The summed E-state index contributed by atoms with van der Waals surface area (Å²) in [6.45, 7) is 11.7. The number of hydrogen-bond acceptors (Lipinski definition) is 5. The van der Waals surface area contributed by atoms with Gasteiger partial charge in [-0.15, -0.1) is 0 Å². The molecule has 2 N–H and O–H groups in total. The molecule has 0 spiro atoms. The summed E-state index contributed by atoms with van der Waals surface area (Å²) in [5.41, 5.74) is -0.495. The summed E-state index contributed by atoms with van der Waals surface area (Å²) in [7, 11) is 0. The Morgan fingerprint density at radius 1 is 1.41 bits per heavy atom. The number of aliphatic imine (C=N–C) groups is 1. The SMILES string of the molecule is CCC(CC)C(O)CNC1=NCCN(C(=O)OC(C)(C)C)C1. The van der Waals surface area contributed by atoms with Gasteiger partial charge in [-0.2, -0.15) is 0 Å². The van der Waals surface area contributed by atoms with Crippen molar-refractivity contribution < 1.29 is 14.6 Å². The number of rotatable bonds is 5. The molecule has 6 nitrogen and oxygen atoms in total. The van der Waals surface area contributed by atoms with Crippen molar-refractivity contribution in [1.82, 2.24) is 10.2 Å². The number of nitrogens with zero attached hydrogens (tertiary/aromatic N) is 2. The molecule has 0 saturated carbocycles. The number of carbonyl (C=O) groups is 1. The molecule has 0 aromatic rings. The van der Waals surface area contributed by atoms with Crippen LogP contribution in [0, 0.1) is 5.92 Å². The topological polar surface area (TPSA) is 74.2 Å². The first kappa shape index (κ1) is 18.7. The van der Waals surface area contributed by atoms with Crippen LogP contribution in [-0.2, 0) is 4.74 Å². The molecule has 0 bridgehead atoms. The van der Waals surface area contributed by atoms with Crippen LogP contribution in [0.1, 0.15) is 47.5 Å². The van der Waals surface area contributed by atoms with Crippen LogP contribution >= 0.6 is 0 Å². The van der Waals surface area contributed by atoms with Crippen molar-refractivity contribution >= 4 is 11.9 Å². The van der Waals surface area contributed by atoms with Gasteiger partial charge in [0, 0.05) is 13.1 Å². The zero-order valence-corrected chi connectivity index (χ0v) is 14.6. The smallest absolute Gasteiger partial charge is 0.410 e. The maximum absolute atomic E-state index is 12.1. The fourth-order valence-corrected chi connectivity index (χ4v) is 2.43. The lowest BCUT2D eigenvalue weighted by Crippen LogP contribution is -2.48. The van der Waals surface area contributed by atoms with Gasteiger partial charge in [-0.05, 0) is 26.7 Å². The molecule has 0 saturated heterocycles. The third kappa shape index (κ3) is 6.22. The fraction of sp³-hybridized carbons (Fsp3) is 0.875. The molecule has 1 aliphatic rings. The van der Waals surface area contributed by atoms with Crippen molar-refractivity contribution in [2.45, 2.75) is 59.2 Å². The van der Waals surface area contributed by atoms with E-state index in [0.717, 1.165) is 18.7 Å². The van der Waals surface area contributed by atoms with Crippen LogP contribution < -0.4 is 5.32 Å². The predicted molar refractivity (Wildman–Crippen MR) is 88.2 cm³/mol. The predicted octanol–water partition coefficient (Wildman–Crippen LogP) is 2.02. The summed E-state index contributed by atoms with van der Waals surface area (Å²) in [5.74, 6) is 1.03. The second kappa shape index (κ2) is 8.36. The number of amidine groups is 1. The van der Waals surface area contributed by atoms with E-state index in [-0.39, 0.29) is 6.09 Å². The van der Waals surface area contributed by atoms with E-state index in [2.05, 4.69) is 24.2 Å². The van der Waals surface area contributed by atoms with Crippen LogP contribution in [0.4, 0.5) is 4.79 Å². The van der Waals surface area contributed by atoms with E-state index in [9.17, 15) is 9.90 Å². The van der Waals surface area contributed by atoms with Gasteiger partial charge in [0.1, 0.15) is 11.4 Å². The van der Waals surface area contributed by atoms with Crippen LogP contribution in [0.5, 0.6) is 0 Å². The Bertz CT molecular complexity index is 387. The van der Waals surface area contributed by atoms with Gasteiger partial charge in [-0.1, -0.05) is 26.7 Å². The zero-order valence-electron chi connectivity index (χ0n) is 14.6. The lowest BCUT2D eigenvalue weighted by molar-refractivity contribution is 0.0276. The second-order valence-electron chi connectivity index (χ2n) is 6.76. The minimum Gasteiger partial charge on any atom is -0.444 e. The standard InChI is InChI=1S/C16H31N3O3/c1-6-12(7-2)13(20)10-18-14-11-19(9-8-17-14)15(21)22-16(3,4)5/h12-13,20H,6-11H2,1-5H3,(H,17,18). The summed E-state index contributed by atoms with van der Waals surface area (Å²) in [4.78, 5) is 18.1. The maximum Gasteiger partial charge on any atom is 0.410 e. The van der Waals surface area contributed by atoms with Crippen LogP contribution in [0.15, 0.2) is 4.99 Å². The highest BCUT2D eigenvalue weighted by molar-refractivity contribution is 5.87. The fourth-order valence-electron chi connectivity index (χ4n) is 2.43. The van der Waals surface area contributed by atoms with Gasteiger partial charge < -0.3 is 15.2 Å². The Hall–Kier alpha value is -1.30. The number of aliphatic hydroxyl groups excluding tert-OH is 1. The monoisotopic (exact) mass is 313 g/mol. The van der Waals surface area contributed by atoms with E-state index in [0.29, 0.717) is 32.1 Å². The molecule has 0 fully saturated rings. The van der Waals surface area contributed by atoms with Gasteiger partial charge in [0.05, 0.1) is 19.2 Å². The molecule has 1 amide bonds. The van der Waals surface area contributed by atoms with E-state index in [4.69, 9.17) is 4.74 Å². The summed E-state index contributed by atoms with van der Waals surface area (Å²) < 4.78 is 5.38. The third-order valence-corrected chi connectivity index (χ3v) is 3.77. The van der Waals surface area contributed by atoms with Crippen LogP contribution in [0.2, 0.25) is 0 Å². The van der Waals surface area contributed by atoms with Crippen molar-refractivity contribution in [3.63, 3.8) is 0 Å². The Morgan fingerprint density at radius 3 is 2.59 bits per heavy atom.